The molecule has 0 saturated carbocycles. The van der Waals surface area contributed by atoms with E-state index in [-0.39, 0.29) is 0 Å². The van der Waals surface area contributed by atoms with Crippen LogP contribution in [0.25, 0.3) is 39.4 Å². The number of aromatic nitrogens is 4. The number of hydrogen-bond acceptors (Lipinski definition) is 4. The van der Waals surface area contributed by atoms with E-state index in [1.807, 2.05) is 77.4 Å². The lowest BCUT2D eigenvalue weighted by Gasteiger charge is -2.10. The van der Waals surface area contributed by atoms with Crippen molar-refractivity contribution in [3.8, 4) is 22.8 Å². The molecule has 5 rings (SSSR count). The van der Waals surface area contributed by atoms with Crippen molar-refractivity contribution in [3.63, 3.8) is 0 Å². The first-order valence-electron chi connectivity index (χ1n) is 8.78. The van der Waals surface area contributed by atoms with E-state index >= 15 is 0 Å². The van der Waals surface area contributed by atoms with E-state index in [4.69, 9.17) is 19.7 Å². The Hall–Kier alpha value is -3.25. The molecule has 28 heavy (non-hydrogen) atoms. The summed E-state index contributed by atoms with van der Waals surface area (Å²) in [6.07, 6.45) is 0. The van der Waals surface area contributed by atoms with Crippen LogP contribution in [-0.2, 0) is 0 Å². The average molecular weight is 431 g/mol. The second-order valence-electron chi connectivity index (χ2n) is 6.34. The Labute approximate surface area is 169 Å². The van der Waals surface area contributed by atoms with E-state index in [9.17, 15) is 0 Å². The first kappa shape index (κ1) is 16.9. The van der Waals surface area contributed by atoms with E-state index in [1.54, 1.807) is 7.11 Å². The zero-order valence-electron chi connectivity index (χ0n) is 15.0. The van der Waals surface area contributed by atoms with Crippen molar-refractivity contribution in [2.24, 2.45) is 0 Å². The van der Waals surface area contributed by atoms with Crippen LogP contribution in [0.4, 0.5) is 0 Å². The summed E-state index contributed by atoms with van der Waals surface area (Å²) in [6, 6.07) is 23.8. The molecule has 2 aromatic heterocycles. The second kappa shape index (κ2) is 6.73. The zero-order valence-corrected chi connectivity index (χ0v) is 16.6. The number of imidazole rings is 1. The van der Waals surface area contributed by atoms with Crippen LogP contribution in [-0.4, -0.2) is 26.6 Å². The Morgan fingerprint density at radius 2 is 1.57 bits per heavy atom. The summed E-state index contributed by atoms with van der Waals surface area (Å²) < 4.78 is 8.33. The van der Waals surface area contributed by atoms with Crippen LogP contribution in [0.5, 0.6) is 5.75 Å². The number of hydrogen-bond donors (Lipinski definition) is 0. The number of para-hydroxylation sites is 2. The van der Waals surface area contributed by atoms with Crippen molar-refractivity contribution in [3.05, 3.63) is 77.3 Å². The first-order chi connectivity index (χ1) is 13.7. The van der Waals surface area contributed by atoms with E-state index in [0.29, 0.717) is 5.65 Å². The highest BCUT2D eigenvalue weighted by Gasteiger charge is 2.17. The predicted octanol–water partition coefficient (Wildman–Crippen LogP) is 5.41. The molecule has 0 saturated heterocycles. The van der Waals surface area contributed by atoms with E-state index in [1.165, 1.54) is 0 Å². The summed E-state index contributed by atoms with van der Waals surface area (Å²) >= 11 is 3.55. The minimum absolute atomic E-state index is 0.615. The smallest absolute Gasteiger partial charge is 0.199 e. The van der Waals surface area contributed by atoms with Crippen molar-refractivity contribution in [1.29, 1.82) is 0 Å². The van der Waals surface area contributed by atoms with Gasteiger partial charge in [0.05, 0.1) is 18.1 Å². The summed E-state index contributed by atoms with van der Waals surface area (Å²) in [5.74, 6) is 1.59. The number of benzene rings is 3. The van der Waals surface area contributed by atoms with Gasteiger partial charge in [-0.15, -0.1) is 0 Å². The Morgan fingerprint density at radius 3 is 2.29 bits per heavy atom. The maximum atomic E-state index is 5.30. The lowest BCUT2D eigenvalue weighted by molar-refractivity contribution is 0.415. The third-order valence-electron chi connectivity index (χ3n) is 4.58. The number of fused-ring (bicyclic) bond motifs is 2. The molecule has 0 spiro atoms. The largest absolute Gasteiger partial charge is 0.497 e. The average Bonchev–Trinajstić information content (AvgIpc) is 3.10. The summed E-state index contributed by atoms with van der Waals surface area (Å²) in [7, 11) is 1.66. The number of nitrogens with zero attached hydrogens (tertiary/aromatic N) is 4. The molecule has 136 valence electrons. The zero-order chi connectivity index (χ0) is 19.1. The van der Waals surface area contributed by atoms with Gasteiger partial charge in [-0.2, -0.15) is 0 Å². The Morgan fingerprint density at radius 1 is 0.821 bits per heavy atom. The third-order valence-corrected chi connectivity index (χ3v) is 5.08. The fourth-order valence-electron chi connectivity index (χ4n) is 3.25. The fraction of sp³-hybridized carbons (Fsp3) is 0.0455. The van der Waals surface area contributed by atoms with Crippen molar-refractivity contribution in [2.75, 3.05) is 7.11 Å². The van der Waals surface area contributed by atoms with Gasteiger partial charge < -0.3 is 4.74 Å². The van der Waals surface area contributed by atoms with E-state index in [2.05, 4.69) is 15.9 Å². The predicted molar refractivity (Wildman–Crippen MR) is 114 cm³/mol. The number of methoxy groups -OCH3 is 1. The monoisotopic (exact) mass is 430 g/mol. The summed E-state index contributed by atoms with van der Waals surface area (Å²) in [4.78, 5) is 14.4. The van der Waals surface area contributed by atoms with Gasteiger partial charge in [-0.05, 0) is 48.5 Å². The molecule has 0 fully saturated rings. The van der Waals surface area contributed by atoms with Gasteiger partial charge >= 0.3 is 0 Å². The number of rotatable bonds is 3. The van der Waals surface area contributed by atoms with E-state index in [0.717, 1.165) is 44.0 Å². The van der Waals surface area contributed by atoms with Gasteiger partial charge in [0.2, 0.25) is 0 Å². The minimum atomic E-state index is 0.615. The maximum Gasteiger partial charge on any atom is 0.199 e. The Balaban J connectivity index is 1.84. The van der Waals surface area contributed by atoms with Gasteiger partial charge in [0.25, 0.3) is 0 Å². The van der Waals surface area contributed by atoms with Gasteiger partial charge in [-0.3, -0.25) is 4.57 Å². The van der Waals surface area contributed by atoms with Crippen molar-refractivity contribution >= 4 is 38.3 Å². The molecule has 2 heterocycles. The topological polar surface area (TPSA) is 52.8 Å². The Bertz CT molecular complexity index is 1310. The van der Waals surface area contributed by atoms with Crippen LogP contribution in [0, 0.1) is 0 Å². The lowest BCUT2D eigenvalue weighted by atomic mass is 10.2. The molecule has 0 unspecified atom stereocenters. The number of ether oxygens (including phenoxy) is 1. The van der Waals surface area contributed by atoms with Crippen molar-refractivity contribution in [2.45, 2.75) is 0 Å². The molecule has 3 aromatic carbocycles. The molecule has 0 aliphatic heterocycles. The van der Waals surface area contributed by atoms with Crippen LogP contribution < -0.4 is 4.74 Å². The molecule has 0 atom stereocenters. The van der Waals surface area contributed by atoms with Crippen LogP contribution in [0.1, 0.15) is 0 Å². The van der Waals surface area contributed by atoms with Gasteiger partial charge in [-0.25, -0.2) is 15.0 Å². The molecular formula is C22H15BrN4O. The molecule has 5 aromatic rings. The van der Waals surface area contributed by atoms with E-state index < -0.39 is 0 Å². The molecule has 0 bridgehead atoms. The molecular weight excluding hydrogens is 416 g/mol. The normalized spacial score (nSPS) is 11.2. The Kier molecular flexibility index (Phi) is 4.06. The van der Waals surface area contributed by atoms with Gasteiger partial charge in [0, 0.05) is 15.7 Å². The molecule has 0 N–H and O–H groups in total. The number of halogens is 1. The summed E-state index contributed by atoms with van der Waals surface area (Å²) in [6.45, 7) is 0. The third kappa shape index (κ3) is 2.82. The molecule has 0 radical (unpaired) electrons. The SMILES string of the molecule is COc1ccc(-n2c(-c3cccc(Br)c3)nc3nc4ccccc4nc32)cc1. The second-order valence-corrected chi connectivity index (χ2v) is 7.25. The molecule has 5 nitrogen and oxygen atoms in total. The first-order valence-corrected chi connectivity index (χ1v) is 9.58. The quantitative estimate of drug-likeness (QED) is 0.384. The molecule has 0 aliphatic rings. The molecule has 0 amide bonds. The molecule has 6 heteroatoms. The van der Waals surface area contributed by atoms with Crippen molar-refractivity contribution < 1.29 is 4.74 Å². The van der Waals surface area contributed by atoms with Crippen LogP contribution >= 0.6 is 15.9 Å². The van der Waals surface area contributed by atoms with Crippen LogP contribution in [0.15, 0.2) is 77.3 Å². The lowest BCUT2D eigenvalue weighted by Crippen LogP contribution is -1.99. The summed E-state index contributed by atoms with van der Waals surface area (Å²) in [5, 5.41) is 0. The van der Waals surface area contributed by atoms with Gasteiger partial charge in [-0.1, -0.05) is 40.2 Å². The van der Waals surface area contributed by atoms with Crippen LogP contribution in [0.2, 0.25) is 0 Å². The highest BCUT2D eigenvalue weighted by molar-refractivity contribution is 9.10. The minimum Gasteiger partial charge on any atom is -0.497 e. The molecule has 0 aliphatic carbocycles. The highest BCUT2D eigenvalue weighted by atomic mass is 79.9. The maximum absolute atomic E-state index is 5.30. The van der Waals surface area contributed by atoms with Crippen LogP contribution in [0.3, 0.4) is 0 Å². The standard InChI is InChI=1S/C22H15BrN4O/c1-28-17-11-9-16(10-12-17)27-21(14-5-4-6-15(23)13-14)26-20-22(27)25-19-8-3-2-7-18(19)24-20/h2-13H,1H3. The van der Waals surface area contributed by atoms with Gasteiger partial charge in [0.15, 0.2) is 11.3 Å². The fourth-order valence-corrected chi connectivity index (χ4v) is 3.65. The summed E-state index contributed by atoms with van der Waals surface area (Å²) in [5.41, 5.74) is 4.93. The highest BCUT2D eigenvalue weighted by Crippen LogP contribution is 2.30. The van der Waals surface area contributed by atoms with Gasteiger partial charge in [0.1, 0.15) is 11.6 Å². The van der Waals surface area contributed by atoms with Crippen molar-refractivity contribution in [1.82, 2.24) is 19.5 Å².